The van der Waals surface area contributed by atoms with Crippen LogP contribution in [0.4, 0.5) is 0 Å². The van der Waals surface area contributed by atoms with Crippen molar-refractivity contribution in [2.45, 2.75) is 13.3 Å². The van der Waals surface area contributed by atoms with Crippen molar-refractivity contribution in [2.24, 2.45) is 5.92 Å². The number of pyridine rings is 2. The standard InChI is InChI=1S/C22H23N3O2/c1-16-20(5-3-8-23-16)22(26)25-10-11-27-15-18(14-25)12-17-6-7-21-19(13-17)4-2-9-24-21/h2-9,13,18H,10-12,14-15H2,1H3/t18-/m1/s1. The maximum absolute atomic E-state index is 13.0. The van der Waals surface area contributed by atoms with E-state index in [2.05, 4.69) is 34.2 Å². The van der Waals surface area contributed by atoms with Gasteiger partial charge in [0.25, 0.3) is 5.91 Å². The Morgan fingerprint density at radius 2 is 2.04 bits per heavy atom. The molecule has 1 aromatic carbocycles. The molecule has 27 heavy (non-hydrogen) atoms. The van der Waals surface area contributed by atoms with E-state index in [0.717, 1.165) is 23.0 Å². The molecule has 1 saturated heterocycles. The summed E-state index contributed by atoms with van der Waals surface area (Å²) < 4.78 is 5.79. The Morgan fingerprint density at radius 3 is 2.93 bits per heavy atom. The third-order valence-corrected chi connectivity index (χ3v) is 5.05. The number of amides is 1. The van der Waals surface area contributed by atoms with Gasteiger partial charge in [0.15, 0.2) is 0 Å². The summed E-state index contributed by atoms with van der Waals surface area (Å²) in [5.41, 5.74) is 3.69. The lowest BCUT2D eigenvalue weighted by Crippen LogP contribution is -2.36. The Morgan fingerprint density at radius 1 is 1.19 bits per heavy atom. The number of aryl methyl sites for hydroxylation is 1. The van der Waals surface area contributed by atoms with E-state index in [0.29, 0.717) is 31.9 Å². The molecule has 1 aliphatic heterocycles. The van der Waals surface area contributed by atoms with E-state index < -0.39 is 0 Å². The van der Waals surface area contributed by atoms with Gasteiger partial charge >= 0.3 is 0 Å². The van der Waals surface area contributed by atoms with Crippen LogP contribution in [0.3, 0.4) is 0 Å². The summed E-state index contributed by atoms with van der Waals surface area (Å²) in [7, 11) is 0. The van der Waals surface area contributed by atoms with Crippen LogP contribution < -0.4 is 0 Å². The van der Waals surface area contributed by atoms with E-state index >= 15 is 0 Å². The fraction of sp³-hybridized carbons (Fsp3) is 0.318. The van der Waals surface area contributed by atoms with Crippen LogP contribution in [0.2, 0.25) is 0 Å². The smallest absolute Gasteiger partial charge is 0.255 e. The molecule has 0 saturated carbocycles. The zero-order chi connectivity index (χ0) is 18.6. The monoisotopic (exact) mass is 361 g/mol. The van der Waals surface area contributed by atoms with Crippen molar-refractivity contribution in [3.05, 3.63) is 71.7 Å². The van der Waals surface area contributed by atoms with Crippen molar-refractivity contribution >= 4 is 16.8 Å². The van der Waals surface area contributed by atoms with Crippen LogP contribution in [0.5, 0.6) is 0 Å². The van der Waals surface area contributed by atoms with Crippen LogP contribution in [-0.2, 0) is 11.2 Å². The largest absolute Gasteiger partial charge is 0.379 e. The lowest BCUT2D eigenvalue weighted by Gasteiger charge is -2.24. The van der Waals surface area contributed by atoms with Gasteiger partial charge in [-0.25, -0.2) is 0 Å². The van der Waals surface area contributed by atoms with E-state index in [-0.39, 0.29) is 11.8 Å². The van der Waals surface area contributed by atoms with Crippen molar-refractivity contribution in [1.82, 2.24) is 14.9 Å². The van der Waals surface area contributed by atoms with Gasteiger partial charge in [-0.15, -0.1) is 0 Å². The molecular formula is C22H23N3O2. The number of ether oxygens (including phenoxy) is 1. The van der Waals surface area contributed by atoms with E-state index in [9.17, 15) is 4.79 Å². The number of nitrogens with zero attached hydrogens (tertiary/aromatic N) is 3. The fourth-order valence-corrected chi connectivity index (χ4v) is 3.65. The van der Waals surface area contributed by atoms with Crippen LogP contribution in [0, 0.1) is 12.8 Å². The Kier molecular flexibility index (Phi) is 5.12. The number of carbonyl (C=O) groups excluding carboxylic acids is 1. The highest BCUT2D eigenvalue weighted by molar-refractivity contribution is 5.95. The maximum Gasteiger partial charge on any atom is 0.255 e. The molecule has 3 aromatic rings. The number of hydrogen-bond acceptors (Lipinski definition) is 4. The Hall–Kier alpha value is -2.79. The van der Waals surface area contributed by atoms with Crippen molar-refractivity contribution in [2.75, 3.05) is 26.3 Å². The van der Waals surface area contributed by atoms with Gasteiger partial charge in [0.05, 0.1) is 24.3 Å². The highest BCUT2D eigenvalue weighted by Gasteiger charge is 2.24. The second kappa shape index (κ2) is 7.84. The molecule has 0 N–H and O–H groups in total. The fourth-order valence-electron chi connectivity index (χ4n) is 3.65. The molecule has 1 atom stereocenters. The van der Waals surface area contributed by atoms with Crippen molar-refractivity contribution in [1.29, 1.82) is 0 Å². The SMILES string of the molecule is Cc1ncccc1C(=O)N1CCOC[C@H](Cc2ccc3ncccc3c2)C1. The zero-order valence-corrected chi connectivity index (χ0v) is 15.5. The number of aromatic nitrogens is 2. The highest BCUT2D eigenvalue weighted by Crippen LogP contribution is 2.20. The average molecular weight is 361 g/mol. The number of benzene rings is 1. The van der Waals surface area contributed by atoms with Crippen LogP contribution in [-0.4, -0.2) is 47.1 Å². The Balaban J connectivity index is 1.51. The second-order valence-corrected chi connectivity index (χ2v) is 7.06. The average Bonchev–Trinajstić information content (AvgIpc) is 2.93. The van der Waals surface area contributed by atoms with Gasteiger partial charge in [-0.1, -0.05) is 12.1 Å². The molecule has 0 aliphatic carbocycles. The number of rotatable bonds is 3. The van der Waals surface area contributed by atoms with Gasteiger partial charge in [-0.05, 0) is 49.2 Å². The Labute approximate surface area is 159 Å². The first-order chi connectivity index (χ1) is 13.2. The quantitative estimate of drug-likeness (QED) is 0.718. The van der Waals surface area contributed by atoms with E-state index in [1.165, 1.54) is 5.56 Å². The molecule has 0 bridgehead atoms. The van der Waals surface area contributed by atoms with Gasteiger partial charge in [0.1, 0.15) is 0 Å². The van der Waals surface area contributed by atoms with Gasteiger partial charge in [-0.3, -0.25) is 14.8 Å². The molecule has 2 aromatic heterocycles. The molecule has 3 heterocycles. The lowest BCUT2D eigenvalue weighted by molar-refractivity contribution is 0.0736. The normalized spacial score (nSPS) is 17.7. The van der Waals surface area contributed by atoms with E-state index in [4.69, 9.17) is 4.74 Å². The third-order valence-electron chi connectivity index (χ3n) is 5.05. The molecule has 1 aliphatic rings. The molecule has 0 radical (unpaired) electrons. The summed E-state index contributed by atoms with van der Waals surface area (Å²) >= 11 is 0. The molecule has 5 heteroatoms. The van der Waals surface area contributed by atoms with Crippen molar-refractivity contribution in [3.8, 4) is 0 Å². The molecular weight excluding hydrogens is 338 g/mol. The first kappa shape index (κ1) is 17.6. The molecule has 0 unspecified atom stereocenters. The van der Waals surface area contributed by atoms with Crippen molar-refractivity contribution < 1.29 is 9.53 Å². The maximum atomic E-state index is 13.0. The van der Waals surface area contributed by atoms with E-state index in [1.54, 1.807) is 6.20 Å². The molecule has 1 amide bonds. The number of fused-ring (bicyclic) bond motifs is 1. The third kappa shape index (κ3) is 3.98. The predicted molar refractivity (Wildman–Crippen MR) is 105 cm³/mol. The summed E-state index contributed by atoms with van der Waals surface area (Å²) in [6.07, 6.45) is 4.40. The zero-order valence-electron chi connectivity index (χ0n) is 15.5. The number of hydrogen-bond donors (Lipinski definition) is 0. The Bertz CT molecular complexity index is 957. The molecule has 1 fully saturated rings. The first-order valence-corrected chi connectivity index (χ1v) is 9.33. The molecule has 5 nitrogen and oxygen atoms in total. The highest BCUT2D eigenvalue weighted by atomic mass is 16.5. The summed E-state index contributed by atoms with van der Waals surface area (Å²) in [5, 5.41) is 1.14. The summed E-state index contributed by atoms with van der Waals surface area (Å²) in [5.74, 6) is 0.307. The van der Waals surface area contributed by atoms with E-state index in [1.807, 2.05) is 36.2 Å². The molecule has 138 valence electrons. The summed E-state index contributed by atoms with van der Waals surface area (Å²) in [4.78, 5) is 23.5. The van der Waals surface area contributed by atoms with Gasteiger partial charge in [0, 0.05) is 42.5 Å². The lowest BCUT2D eigenvalue weighted by atomic mass is 9.98. The molecule has 0 spiro atoms. The summed E-state index contributed by atoms with van der Waals surface area (Å²) in [6.45, 7) is 4.43. The molecule has 4 rings (SSSR count). The first-order valence-electron chi connectivity index (χ1n) is 9.33. The topological polar surface area (TPSA) is 55.3 Å². The minimum atomic E-state index is 0.0406. The van der Waals surface area contributed by atoms with Gasteiger partial charge in [0.2, 0.25) is 0 Å². The summed E-state index contributed by atoms with van der Waals surface area (Å²) in [6, 6.07) is 14.1. The second-order valence-electron chi connectivity index (χ2n) is 7.06. The number of carbonyl (C=O) groups is 1. The minimum absolute atomic E-state index is 0.0406. The van der Waals surface area contributed by atoms with Crippen LogP contribution >= 0.6 is 0 Å². The predicted octanol–water partition coefficient (Wildman–Crippen LogP) is 3.27. The van der Waals surface area contributed by atoms with Crippen molar-refractivity contribution in [3.63, 3.8) is 0 Å². The van der Waals surface area contributed by atoms with Crippen LogP contribution in [0.25, 0.3) is 10.9 Å². The van der Waals surface area contributed by atoms with Crippen LogP contribution in [0.15, 0.2) is 54.9 Å². The van der Waals surface area contributed by atoms with Gasteiger partial charge < -0.3 is 9.64 Å². The van der Waals surface area contributed by atoms with Gasteiger partial charge in [-0.2, -0.15) is 0 Å². The minimum Gasteiger partial charge on any atom is -0.379 e. The van der Waals surface area contributed by atoms with Crippen LogP contribution in [0.1, 0.15) is 21.6 Å².